The highest BCUT2D eigenvalue weighted by Gasteiger charge is 2.30. The van der Waals surface area contributed by atoms with E-state index in [0.29, 0.717) is 10.9 Å². The van der Waals surface area contributed by atoms with Gasteiger partial charge in [-0.25, -0.2) is 4.98 Å². The summed E-state index contributed by atoms with van der Waals surface area (Å²) in [5, 5.41) is 1.89. The zero-order chi connectivity index (χ0) is 16.7. The number of thiazole rings is 1. The Morgan fingerprint density at radius 2 is 2.12 bits per heavy atom. The second kappa shape index (κ2) is 6.29. The molecule has 24 heavy (non-hydrogen) atoms. The van der Waals surface area contributed by atoms with E-state index in [1.54, 1.807) is 0 Å². The first kappa shape index (κ1) is 15.8. The third-order valence-electron chi connectivity index (χ3n) is 5.14. The molecule has 128 valence electrons. The molecule has 0 bridgehead atoms. The lowest BCUT2D eigenvalue weighted by Crippen LogP contribution is -2.35. The molecule has 4 rings (SSSR count). The van der Waals surface area contributed by atoms with Crippen molar-refractivity contribution in [2.75, 3.05) is 32.7 Å². The SMILES string of the molecule is Cc1csc2ncc(C(=O)N3CCC(CN4CCCC4)C3)c(=O)n12. The predicted molar refractivity (Wildman–Crippen MR) is 93.8 cm³/mol. The minimum atomic E-state index is -0.244. The summed E-state index contributed by atoms with van der Waals surface area (Å²) in [7, 11) is 0. The first-order chi connectivity index (χ1) is 11.6. The van der Waals surface area contributed by atoms with Gasteiger partial charge in [0, 0.05) is 36.9 Å². The maximum absolute atomic E-state index is 12.8. The van der Waals surface area contributed by atoms with Gasteiger partial charge in [0.25, 0.3) is 11.5 Å². The van der Waals surface area contributed by atoms with Gasteiger partial charge in [-0.05, 0) is 45.2 Å². The Bertz CT molecular complexity index is 822. The Labute approximate surface area is 144 Å². The van der Waals surface area contributed by atoms with Gasteiger partial charge in [-0.3, -0.25) is 14.0 Å². The Kier molecular flexibility index (Phi) is 4.14. The summed E-state index contributed by atoms with van der Waals surface area (Å²) in [6, 6.07) is 0. The summed E-state index contributed by atoms with van der Waals surface area (Å²) in [6.45, 7) is 6.79. The summed E-state index contributed by atoms with van der Waals surface area (Å²) < 4.78 is 1.54. The van der Waals surface area contributed by atoms with Crippen molar-refractivity contribution in [2.24, 2.45) is 5.92 Å². The predicted octanol–water partition coefficient (Wildman–Crippen LogP) is 1.62. The second-order valence-electron chi connectivity index (χ2n) is 6.89. The maximum Gasteiger partial charge on any atom is 0.271 e. The minimum absolute atomic E-state index is 0.170. The first-order valence-electron chi connectivity index (χ1n) is 8.61. The molecule has 1 atom stereocenters. The van der Waals surface area contributed by atoms with Crippen LogP contribution in [0.4, 0.5) is 0 Å². The van der Waals surface area contributed by atoms with Crippen molar-refractivity contribution in [3.05, 3.63) is 33.2 Å². The van der Waals surface area contributed by atoms with Crippen molar-refractivity contribution in [1.82, 2.24) is 19.2 Å². The second-order valence-corrected chi connectivity index (χ2v) is 7.72. The lowest BCUT2D eigenvalue weighted by molar-refractivity contribution is 0.0782. The quantitative estimate of drug-likeness (QED) is 0.847. The number of aryl methyl sites for hydroxylation is 1. The van der Waals surface area contributed by atoms with E-state index < -0.39 is 0 Å². The highest BCUT2D eigenvalue weighted by molar-refractivity contribution is 7.15. The fourth-order valence-corrected chi connectivity index (χ4v) is 4.67. The van der Waals surface area contributed by atoms with Crippen LogP contribution in [0.1, 0.15) is 35.3 Å². The van der Waals surface area contributed by atoms with Gasteiger partial charge in [0.2, 0.25) is 0 Å². The molecule has 1 unspecified atom stereocenters. The summed E-state index contributed by atoms with van der Waals surface area (Å²) >= 11 is 1.42. The van der Waals surface area contributed by atoms with Crippen LogP contribution in [0.15, 0.2) is 16.4 Å². The number of hydrogen-bond donors (Lipinski definition) is 0. The lowest BCUT2D eigenvalue weighted by Gasteiger charge is -2.20. The molecule has 0 aromatic carbocycles. The van der Waals surface area contributed by atoms with Gasteiger partial charge < -0.3 is 9.80 Å². The van der Waals surface area contributed by atoms with Crippen molar-refractivity contribution in [2.45, 2.75) is 26.2 Å². The van der Waals surface area contributed by atoms with E-state index >= 15 is 0 Å². The number of aromatic nitrogens is 2. The van der Waals surface area contributed by atoms with Gasteiger partial charge in [-0.15, -0.1) is 11.3 Å². The molecular weight excluding hydrogens is 324 g/mol. The minimum Gasteiger partial charge on any atom is -0.338 e. The van der Waals surface area contributed by atoms with Crippen LogP contribution < -0.4 is 5.56 Å². The van der Waals surface area contributed by atoms with Gasteiger partial charge in [-0.2, -0.15) is 0 Å². The van der Waals surface area contributed by atoms with Crippen molar-refractivity contribution in [1.29, 1.82) is 0 Å². The first-order valence-corrected chi connectivity index (χ1v) is 9.49. The van der Waals surface area contributed by atoms with E-state index in [9.17, 15) is 9.59 Å². The van der Waals surface area contributed by atoms with Crippen LogP contribution in [-0.2, 0) is 0 Å². The van der Waals surface area contributed by atoms with Gasteiger partial charge in [-0.1, -0.05) is 0 Å². The fourth-order valence-electron chi connectivity index (χ4n) is 3.84. The van der Waals surface area contributed by atoms with E-state index in [1.807, 2.05) is 17.2 Å². The van der Waals surface area contributed by atoms with Crippen LogP contribution in [0.25, 0.3) is 4.96 Å². The summed E-state index contributed by atoms with van der Waals surface area (Å²) in [5.41, 5.74) is 0.776. The number of rotatable bonds is 3. The summed E-state index contributed by atoms with van der Waals surface area (Å²) in [4.78, 5) is 34.7. The summed E-state index contributed by atoms with van der Waals surface area (Å²) in [6.07, 6.45) is 5.05. The molecule has 0 saturated carbocycles. The van der Waals surface area contributed by atoms with Crippen LogP contribution in [0.3, 0.4) is 0 Å². The largest absolute Gasteiger partial charge is 0.338 e. The molecule has 7 heteroatoms. The Balaban J connectivity index is 1.51. The number of carbonyl (C=O) groups is 1. The van der Waals surface area contributed by atoms with E-state index in [-0.39, 0.29) is 17.0 Å². The van der Waals surface area contributed by atoms with Crippen LogP contribution in [-0.4, -0.2) is 57.8 Å². The van der Waals surface area contributed by atoms with E-state index in [0.717, 1.165) is 31.7 Å². The fraction of sp³-hybridized carbons (Fsp3) is 0.588. The molecular formula is C17H22N4O2S. The lowest BCUT2D eigenvalue weighted by atomic mass is 10.1. The normalized spacial score (nSPS) is 21.9. The molecule has 0 spiro atoms. The van der Waals surface area contributed by atoms with Crippen molar-refractivity contribution < 1.29 is 4.79 Å². The van der Waals surface area contributed by atoms with Crippen molar-refractivity contribution in [3.8, 4) is 0 Å². The van der Waals surface area contributed by atoms with Gasteiger partial charge in [0.05, 0.1) is 0 Å². The third kappa shape index (κ3) is 2.75. The van der Waals surface area contributed by atoms with E-state index in [2.05, 4.69) is 9.88 Å². The molecule has 0 aliphatic carbocycles. The Morgan fingerprint density at radius 1 is 1.33 bits per heavy atom. The van der Waals surface area contributed by atoms with E-state index in [4.69, 9.17) is 0 Å². The van der Waals surface area contributed by atoms with E-state index in [1.165, 1.54) is 47.9 Å². The number of amides is 1. The number of carbonyl (C=O) groups excluding carboxylic acids is 1. The number of fused-ring (bicyclic) bond motifs is 1. The Morgan fingerprint density at radius 3 is 2.92 bits per heavy atom. The molecule has 2 aromatic rings. The van der Waals surface area contributed by atoms with Crippen LogP contribution >= 0.6 is 11.3 Å². The average Bonchev–Trinajstić information content (AvgIpc) is 3.30. The molecule has 2 fully saturated rings. The molecule has 2 aliphatic rings. The topological polar surface area (TPSA) is 57.9 Å². The van der Waals surface area contributed by atoms with Gasteiger partial charge in [0.1, 0.15) is 5.56 Å². The van der Waals surface area contributed by atoms with Crippen LogP contribution in [0.5, 0.6) is 0 Å². The third-order valence-corrected chi connectivity index (χ3v) is 6.09. The molecule has 2 aromatic heterocycles. The maximum atomic E-state index is 12.8. The monoisotopic (exact) mass is 346 g/mol. The smallest absolute Gasteiger partial charge is 0.271 e. The molecule has 1 amide bonds. The standard InChI is InChI=1S/C17H22N4O2S/c1-12-11-24-17-18-8-14(16(23)21(12)17)15(22)20-7-4-13(10-20)9-19-5-2-3-6-19/h8,11,13H,2-7,9-10H2,1H3. The zero-order valence-electron chi connectivity index (χ0n) is 13.9. The molecule has 4 heterocycles. The number of nitrogens with zero attached hydrogens (tertiary/aromatic N) is 4. The molecule has 2 aliphatic heterocycles. The number of hydrogen-bond acceptors (Lipinski definition) is 5. The molecule has 0 N–H and O–H groups in total. The average molecular weight is 346 g/mol. The van der Waals surface area contributed by atoms with Crippen LogP contribution in [0, 0.1) is 12.8 Å². The van der Waals surface area contributed by atoms with Gasteiger partial charge >= 0.3 is 0 Å². The van der Waals surface area contributed by atoms with Crippen molar-refractivity contribution in [3.63, 3.8) is 0 Å². The highest BCUT2D eigenvalue weighted by Crippen LogP contribution is 2.21. The van der Waals surface area contributed by atoms with Crippen LogP contribution in [0.2, 0.25) is 0 Å². The van der Waals surface area contributed by atoms with Crippen molar-refractivity contribution >= 4 is 22.2 Å². The van der Waals surface area contributed by atoms with Gasteiger partial charge in [0.15, 0.2) is 4.96 Å². The Hall–Kier alpha value is -1.73. The molecule has 0 radical (unpaired) electrons. The number of likely N-dealkylation sites (tertiary alicyclic amines) is 2. The zero-order valence-corrected chi connectivity index (χ0v) is 14.7. The molecule has 6 nitrogen and oxygen atoms in total. The summed E-state index contributed by atoms with van der Waals surface area (Å²) in [5.74, 6) is 0.353. The highest BCUT2D eigenvalue weighted by atomic mass is 32.1. The molecule has 2 saturated heterocycles.